The normalized spacial score (nSPS) is 17.2. The molecule has 25 heavy (non-hydrogen) atoms. The molecule has 1 aromatic heterocycles. The number of nitrogens with zero attached hydrogens (tertiary/aromatic N) is 3. The van der Waals surface area contributed by atoms with Gasteiger partial charge in [0.25, 0.3) is 0 Å². The van der Waals surface area contributed by atoms with E-state index in [1.165, 1.54) is 5.56 Å². The first-order valence-electron chi connectivity index (χ1n) is 8.61. The van der Waals surface area contributed by atoms with Gasteiger partial charge in [-0.15, -0.1) is 0 Å². The van der Waals surface area contributed by atoms with Gasteiger partial charge in [-0.1, -0.05) is 29.8 Å². The van der Waals surface area contributed by atoms with Crippen LogP contribution in [0.15, 0.2) is 36.7 Å². The first-order chi connectivity index (χ1) is 12.0. The molecule has 2 aromatic rings. The molecular formula is C19H24N4O2. The van der Waals surface area contributed by atoms with Crippen LogP contribution in [-0.4, -0.2) is 39.5 Å². The second-order valence-corrected chi connectivity index (χ2v) is 6.64. The Morgan fingerprint density at radius 2 is 2.04 bits per heavy atom. The molecule has 6 nitrogen and oxygen atoms in total. The SMILES string of the molecule is Cc1ccc(CN2CCC(Nc3cncc(OC(C)C)n3)C2=O)cc1. The maximum absolute atomic E-state index is 12.6. The van der Waals surface area contributed by atoms with Crippen LogP contribution in [-0.2, 0) is 11.3 Å². The zero-order valence-electron chi connectivity index (χ0n) is 14.9. The second kappa shape index (κ2) is 7.51. The highest BCUT2D eigenvalue weighted by Crippen LogP contribution is 2.19. The summed E-state index contributed by atoms with van der Waals surface area (Å²) in [6.45, 7) is 7.30. The predicted octanol–water partition coefficient (Wildman–Crippen LogP) is 2.79. The third-order valence-corrected chi connectivity index (χ3v) is 4.08. The molecule has 0 saturated carbocycles. The van der Waals surface area contributed by atoms with Crippen LogP contribution in [0.5, 0.6) is 5.88 Å². The molecule has 1 unspecified atom stereocenters. The Balaban J connectivity index is 1.61. The molecule has 1 amide bonds. The molecule has 0 bridgehead atoms. The van der Waals surface area contributed by atoms with E-state index in [2.05, 4.69) is 46.5 Å². The highest BCUT2D eigenvalue weighted by Gasteiger charge is 2.31. The van der Waals surface area contributed by atoms with Crippen molar-refractivity contribution in [3.63, 3.8) is 0 Å². The third-order valence-electron chi connectivity index (χ3n) is 4.08. The molecule has 1 fully saturated rings. The van der Waals surface area contributed by atoms with Gasteiger partial charge < -0.3 is 15.0 Å². The lowest BCUT2D eigenvalue weighted by molar-refractivity contribution is -0.128. The molecule has 2 heterocycles. The molecule has 0 radical (unpaired) electrons. The molecule has 0 spiro atoms. The van der Waals surface area contributed by atoms with Gasteiger partial charge in [-0.2, -0.15) is 4.98 Å². The minimum Gasteiger partial charge on any atom is -0.474 e. The van der Waals surface area contributed by atoms with Crippen molar-refractivity contribution in [3.8, 4) is 5.88 Å². The summed E-state index contributed by atoms with van der Waals surface area (Å²) in [5.74, 6) is 1.12. The van der Waals surface area contributed by atoms with Crippen LogP contribution in [0.4, 0.5) is 5.82 Å². The maximum Gasteiger partial charge on any atom is 0.245 e. The van der Waals surface area contributed by atoms with Crippen LogP contribution >= 0.6 is 0 Å². The van der Waals surface area contributed by atoms with Gasteiger partial charge in [0.15, 0.2) is 0 Å². The Kier molecular flexibility index (Phi) is 5.16. The second-order valence-electron chi connectivity index (χ2n) is 6.64. The highest BCUT2D eigenvalue weighted by molar-refractivity contribution is 5.86. The average molecular weight is 340 g/mol. The average Bonchev–Trinajstić information content (AvgIpc) is 2.90. The number of benzene rings is 1. The maximum atomic E-state index is 12.6. The lowest BCUT2D eigenvalue weighted by Crippen LogP contribution is -2.33. The Morgan fingerprint density at radius 3 is 2.76 bits per heavy atom. The summed E-state index contributed by atoms with van der Waals surface area (Å²) in [6, 6.07) is 8.01. The number of nitrogens with one attached hydrogen (secondary N) is 1. The van der Waals surface area contributed by atoms with Crippen LogP contribution in [0, 0.1) is 6.92 Å². The number of hydrogen-bond acceptors (Lipinski definition) is 5. The van der Waals surface area contributed by atoms with E-state index in [9.17, 15) is 4.79 Å². The van der Waals surface area contributed by atoms with Crippen LogP contribution in [0.3, 0.4) is 0 Å². The van der Waals surface area contributed by atoms with Crippen molar-refractivity contribution in [2.75, 3.05) is 11.9 Å². The van der Waals surface area contributed by atoms with Gasteiger partial charge in [0.1, 0.15) is 11.9 Å². The summed E-state index contributed by atoms with van der Waals surface area (Å²) >= 11 is 0. The number of hydrogen-bond donors (Lipinski definition) is 1. The van der Waals surface area contributed by atoms with Crippen molar-refractivity contribution in [1.29, 1.82) is 0 Å². The van der Waals surface area contributed by atoms with E-state index >= 15 is 0 Å². The molecule has 1 N–H and O–H groups in total. The summed E-state index contributed by atoms with van der Waals surface area (Å²) in [6.07, 6.45) is 3.97. The standard InChI is InChI=1S/C19H24N4O2/c1-13(2)25-18-11-20-10-17(22-18)21-16-8-9-23(19(16)24)12-15-6-4-14(3)5-7-15/h4-7,10-11,13,16H,8-9,12H2,1-3H3,(H,21,22). The van der Waals surface area contributed by atoms with E-state index in [0.717, 1.165) is 18.5 Å². The predicted molar refractivity (Wildman–Crippen MR) is 96.4 cm³/mol. The minimum absolute atomic E-state index is 0.0302. The van der Waals surface area contributed by atoms with Gasteiger partial charge in [-0.25, -0.2) is 0 Å². The Bertz CT molecular complexity index is 730. The smallest absolute Gasteiger partial charge is 0.245 e. The number of aryl methyl sites for hydroxylation is 1. The summed E-state index contributed by atoms with van der Waals surface area (Å²) in [5, 5.41) is 3.18. The number of aromatic nitrogens is 2. The van der Waals surface area contributed by atoms with Gasteiger partial charge in [0.05, 0.1) is 18.5 Å². The van der Waals surface area contributed by atoms with Gasteiger partial charge >= 0.3 is 0 Å². The largest absolute Gasteiger partial charge is 0.474 e. The number of amides is 1. The van der Waals surface area contributed by atoms with Gasteiger partial charge in [0, 0.05) is 13.1 Å². The zero-order chi connectivity index (χ0) is 17.8. The van der Waals surface area contributed by atoms with Crippen molar-refractivity contribution in [1.82, 2.24) is 14.9 Å². The minimum atomic E-state index is -0.269. The third kappa shape index (κ3) is 4.47. The molecule has 132 valence electrons. The number of anilines is 1. The van der Waals surface area contributed by atoms with Crippen LogP contribution < -0.4 is 10.1 Å². The number of carbonyl (C=O) groups excluding carboxylic acids is 1. The van der Waals surface area contributed by atoms with Gasteiger partial charge in [-0.05, 0) is 32.8 Å². The zero-order valence-corrected chi connectivity index (χ0v) is 14.9. The fourth-order valence-electron chi connectivity index (χ4n) is 2.84. The molecular weight excluding hydrogens is 316 g/mol. The number of carbonyl (C=O) groups is 1. The number of likely N-dealkylation sites (tertiary alicyclic amines) is 1. The van der Waals surface area contributed by atoms with E-state index < -0.39 is 0 Å². The first-order valence-corrected chi connectivity index (χ1v) is 8.61. The molecule has 1 aliphatic heterocycles. The fourth-order valence-corrected chi connectivity index (χ4v) is 2.84. The molecule has 0 aliphatic carbocycles. The van der Waals surface area contributed by atoms with Crippen LogP contribution in [0.2, 0.25) is 0 Å². The Morgan fingerprint density at radius 1 is 1.28 bits per heavy atom. The summed E-state index contributed by atoms with van der Waals surface area (Å²) in [4.78, 5) is 23.0. The van der Waals surface area contributed by atoms with Crippen LogP contribution in [0.1, 0.15) is 31.4 Å². The molecule has 6 heteroatoms. The van der Waals surface area contributed by atoms with Crippen molar-refractivity contribution >= 4 is 11.7 Å². The quantitative estimate of drug-likeness (QED) is 0.876. The number of ether oxygens (including phenoxy) is 1. The first kappa shape index (κ1) is 17.2. The van der Waals surface area contributed by atoms with Crippen LogP contribution in [0.25, 0.3) is 0 Å². The van der Waals surface area contributed by atoms with E-state index in [0.29, 0.717) is 18.2 Å². The van der Waals surface area contributed by atoms with Crippen molar-refractivity contribution in [2.24, 2.45) is 0 Å². The van der Waals surface area contributed by atoms with Gasteiger partial charge in [-0.3, -0.25) is 9.78 Å². The lowest BCUT2D eigenvalue weighted by atomic mass is 10.1. The molecule has 1 atom stereocenters. The fraction of sp³-hybridized carbons (Fsp3) is 0.421. The molecule has 1 saturated heterocycles. The summed E-state index contributed by atoms with van der Waals surface area (Å²) in [5.41, 5.74) is 2.37. The molecule has 1 aliphatic rings. The van der Waals surface area contributed by atoms with E-state index in [4.69, 9.17) is 4.74 Å². The summed E-state index contributed by atoms with van der Waals surface area (Å²) < 4.78 is 5.55. The van der Waals surface area contributed by atoms with E-state index in [1.807, 2.05) is 18.7 Å². The van der Waals surface area contributed by atoms with Crippen molar-refractivity contribution in [2.45, 2.75) is 45.9 Å². The molecule has 3 rings (SSSR count). The highest BCUT2D eigenvalue weighted by atomic mass is 16.5. The lowest BCUT2D eigenvalue weighted by Gasteiger charge is -2.18. The monoisotopic (exact) mass is 340 g/mol. The van der Waals surface area contributed by atoms with E-state index in [-0.39, 0.29) is 18.1 Å². The Labute approximate surface area is 148 Å². The van der Waals surface area contributed by atoms with Gasteiger partial charge in [0.2, 0.25) is 11.8 Å². The molecule has 1 aromatic carbocycles. The summed E-state index contributed by atoms with van der Waals surface area (Å²) in [7, 11) is 0. The van der Waals surface area contributed by atoms with Crippen molar-refractivity contribution in [3.05, 3.63) is 47.8 Å². The topological polar surface area (TPSA) is 67.3 Å². The Hall–Kier alpha value is -2.63. The van der Waals surface area contributed by atoms with Crippen molar-refractivity contribution < 1.29 is 9.53 Å². The van der Waals surface area contributed by atoms with E-state index in [1.54, 1.807) is 12.4 Å². The number of rotatable bonds is 6.